The van der Waals surface area contributed by atoms with Gasteiger partial charge in [-0.25, -0.2) is 5.90 Å². The lowest BCUT2D eigenvalue weighted by Gasteiger charge is -1.88. The number of carbonyl (C=O) groups excluding carboxylic acids is 1. The normalized spacial score (nSPS) is 6.43. The zero-order valence-electron chi connectivity index (χ0n) is 3.59. The van der Waals surface area contributed by atoms with Crippen molar-refractivity contribution >= 4 is 18.8 Å². The van der Waals surface area contributed by atoms with Gasteiger partial charge in [0.15, 0.2) is 0 Å². The molecular formula is C2H7ClN2O2. The average Bonchev–Trinajstić information content (AvgIpc) is 1.61. The Morgan fingerprint density at radius 3 is 2.57 bits per heavy atom. The highest BCUT2D eigenvalue weighted by molar-refractivity contribution is 5.85. The summed E-state index contributed by atoms with van der Waals surface area (Å²) in [5.74, 6) is 4.49. The Morgan fingerprint density at radius 1 is 1.86 bits per heavy atom. The Kier molecular flexibility index (Phi) is 12.9. The lowest BCUT2D eigenvalue weighted by atomic mass is 11.1. The van der Waals surface area contributed by atoms with Crippen molar-refractivity contribution in [3.8, 4) is 0 Å². The molecule has 0 radical (unpaired) electrons. The lowest BCUT2D eigenvalue weighted by molar-refractivity contribution is -0.111. The van der Waals surface area contributed by atoms with Crippen molar-refractivity contribution < 1.29 is 9.63 Å². The van der Waals surface area contributed by atoms with Gasteiger partial charge in [0.2, 0.25) is 6.41 Å². The minimum Gasteiger partial charge on any atom is -0.334 e. The third-order valence-corrected chi connectivity index (χ3v) is 0.250. The van der Waals surface area contributed by atoms with Gasteiger partial charge in [-0.3, -0.25) is 9.63 Å². The van der Waals surface area contributed by atoms with Crippen molar-refractivity contribution in [2.75, 3.05) is 6.73 Å². The topological polar surface area (TPSA) is 64.3 Å². The number of hydrogen-bond acceptors (Lipinski definition) is 3. The van der Waals surface area contributed by atoms with Crippen LogP contribution >= 0.6 is 12.4 Å². The molecule has 7 heavy (non-hydrogen) atoms. The van der Waals surface area contributed by atoms with Gasteiger partial charge in [0, 0.05) is 0 Å². The Morgan fingerprint density at radius 2 is 2.43 bits per heavy atom. The van der Waals surface area contributed by atoms with E-state index in [1.54, 1.807) is 0 Å². The van der Waals surface area contributed by atoms with Gasteiger partial charge in [-0.15, -0.1) is 12.4 Å². The van der Waals surface area contributed by atoms with Gasteiger partial charge in [-0.1, -0.05) is 0 Å². The van der Waals surface area contributed by atoms with Crippen LogP contribution in [0.5, 0.6) is 0 Å². The van der Waals surface area contributed by atoms with E-state index in [4.69, 9.17) is 0 Å². The van der Waals surface area contributed by atoms with E-state index in [2.05, 4.69) is 16.1 Å². The summed E-state index contributed by atoms with van der Waals surface area (Å²) in [5, 5.41) is 2.17. The molecule has 0 aliphatic carbocycles. The summed E-state index contributed by atoms with van der Waals surface area (Å²) in [4.78, 5) is 13.3. The summed E-state index contributed by atoms with van der Waals surface area (Å²) < 4.78 is 0. The third kappa shape index (κ3) is 10.7. The maximum absolute atomic E-state index is 9.32. The smallest absolute Gasteiger partial charge is 0.208 e. The molecule has 0 saturated carbocycles. The van der Waals surface area contributed by atoms with Crippen LogP contribution in [0.3, 0.4) is 0 Å². The fraction of sp³-hybridized carbons (Fsp3) is 0.500. The molecule has 0 bridgehead atoms. The standard InChI is InChI=1S/C2H6N2O2.ClH/c3-6-2-4-1-5;/h1H,2-3H2,(H,4,5);1H. The minimum absolute atomic E-state index is 0. The molecule has 0 aromatic rings. The summed E-state index contributed by atoms with van der Waals surface area (Å²) >= 11 is 0. The molecule has 3 N–H and O–H groups in total. The van der Waals surface area contributed by atoms with Crippen LogP contribution in [0.25, 0.3) is 0 Å². The summed E-state index contributed by atoms with van der Waals surface area (Å²) in [5.41, 5.74) is 0. The van der Waals surface area contributed by atoms with E-state index < -0.39 is 0 Å². The van der Waals surface area contributed by atoms with Gasteiger partial charge in [0.05, 0.1) is 0 Å². The minimum atomic E-state index is 0. The van der Waals surface area contributed by atoms with E-state index in [0.29, 0.717) is 6.41 Å². The number of halogens is 1. The average molecular weight is 127 g/mol. The number of carbonyl (C=O) groups is 1. The summed E-state index contributed by atoms with van der Waals surface area (Å²) in [6.45, 7) is 0.0729. The van der Waals surface area contributed by atoms with Gasteiger partial charge in [0.25, 0.3) is 0 Å². The van der Waals surface area contributed by atoms with E-state index in [0.717, 1.165) is 0 Å². The second-order valence-electron chi connectivity index (χ2n) is 0.633. The second-order valence-corrected chi connectivity index (χ2v) is 0.633. The van der Waals surface area contributed by atoms with E-state index in [9.17, 15) is 4.79 Å². The van der Waals surface area contributed by atoms with Gasteiger partial charge >= 0.3 is 0 Å². The van der Waals surface area contributed by atoms with Crippen molar-refractivity contribution in [1.82, 2.24) is 5.32 Å². The molecule has 0 unspecified atom stereocenters. The van der Waals surface area contributed by atoms with Crippen molar-refractivity contribution in [1.29, 1.82) is 0 Å². The van der Waals surface area contributed by atoms with E-state index >= 15 is 0 Å². The Balaban J connectivity index is 0. The molecule has 5 heteroatoms. The molecule has 0 heterocycles. The molecule has 0 spiro atoms. The van der Waals surface area contributed by atoms with Gasteiger partial charge in [-0.2, -0.15) is 0 Å². The van der Waals surface area contributed by atoms with Gasteiger partial charge in [-0.05, 0) is 0 Å². The Hall–Kier alpha value is -0.320. The van der Waals surface area contributed by atoms with E-state index in [1.165, 1.54) is 0 Å². The quantitative estimate of drug-likeness (QED) is 0.221. The summed E-state index contributed by atoms with van der Waals surface area (Å²) in [6, 6.07) is 0. The first-order valence-electron chi connectivity index (χ1n) is 1.40. The predicted molar refractivity (Wildman–Crippen MR) is 26.6 cm³/mol. The van der Waals surface area contributed by atoms with Crippen molar-refractivity contribution in [3.63, 3.8) is 0 Å². The van der Waals surface area contributed by atoms with Crippen molar-refractivity contribution in [3.05, 3.63) is 0 Å². The first kappa shape index (κ1) is 9.84. The van der Waals surface area contributed by atoms with E-state index in [1.807, 2.05) is 0 Å². The molecule has 1 amide bonds. The van der Waals surface area contributed by atoms with Crippen LogP contribution < -0.4 is 11.2 Å². The fourth-order valence-electron chi connectivity index (χ4n) is 0.0821. The highest BCUT2D eigenvalue weighted by Crippen LogP contribution is 1.43. The summed E-state index contributed by atoms with van der Waals surface area (Å²) in [6.07, 6.45) is 0.507. The number of nitrogens with one attached hydrogen (secondary N) is 1. The van der Waals surface area contributed by atoms with Gasteiger partial charge in [0.1, 0.15) is 6.73 Å². The highest BCUT2D eigenvalue weighted by Gasteiger charge is 1.68. The largest absolute Gasteiger partial charge is 0.334 e. The van der Waals surface area contributed by atoms with Crippen LogP contribution in [0, 0.1) is 0 Å². The zero-order valence-corrected chi connectivity index (χ0v) is 4.40. The maximum Gasteiger partial charge on any atom is 0.208 e. The Bertz CT molecular complexity index is 42.7. The molecule has 0 fully saturated rings. The molecule has 0 atom stereocenters. The van der Waals surface area contributed by atoms with Crippen LogP contribution in [0.1, 0.15) is 0 Å². The van der Waals surface area contributed by atoms with E-state index in [-0.39, 0.29) is 19.1 Å². The van der Waals surface area contributed by atoms with Crippen LogP contribution in [0.15, 0.2) is 0 Å². The molecule has 0 aromatic carbocycles. The molecule has 0 aromatic heterocycles. The number of rotatable bonds is 3. The van der Waals surface area contributed by atoms with Crippen LogP contribution in [0.2, 0.25) is 0 Å². The number of amides is 1. The lowest BCUT2D eigenvalue weighted by Crippen LogP contribution is -2.17. The molecule has 0 aliphatic heterocycles. The van der Waals surface area contributed by atoms with Gasteiger partial charge < -0.3 is 5.32 Å². The van der Waals surface area contributed by atoms with Crippen LogP contribution in [-0.4, -0.2) is 13.1 Å². The molecule has 44 valence electrons. The Labute approximate surface area is 47.4 Å². The molecule has 0 saturated heterocycles. The molecule has 0 aliphatic rings. The van der Waals surface area contributed by atoms with Crippen LogP contribution in [-0.2, 0) is 9.63 Å². The highest BCUT2D eigenvalue weighted by atomic mass is 35.5. The SMILES string of the molecule is Cl.NOCNC=O. The van der Waals surface area contributed by atoms with Crippen molar-refractivity contribution in [2.24, 2.45) is 5.90 Å². The second kappa shape index (κ2) is 9.19. The number of hydrogen-bond donors (Lipinski definition) is 2. The monoisotopic (exact) mass is 126 g/mol. The van der Waals surface area contributed by atoms with Crippen LogP contribution in [0.4, 0.5) is 0 Å². The first-order chi connectivity index (χ1) is 2.91. The predicted octanol–water partition coefficient (Wildman–Crippen LogP) is -0.998. The molecule has 0 rings (SSSR count). The summed E-state index contributed by atoms with van der Waals surface area (Å²) in [7, 11) is 0. The van der Waals surface area contributed by atoms with Crippen molar-refractivity contribution in [2.45, 2.75) is 0 Å². The molecule has 4 nitrogen and oxygen atoms in total. The maximum atomic E-state index is 9.32. The zero-order chi connectivity index (χ0) is 4.83. The fourth-order valence-corrected chi connectivity index (χ4v) is 0.0821. The molecular weight excluding hydrogens is 119 g/mol. The first-order valence-corrected chi connectivity index (χ1v) is 1.40. The number of nitrogens with two attached hydrogens (primary N) is 1. The third-order valence-electron chi connectivity index (χ3n) is 0.250.